The number of methoxy groups -OCH3 is 1. The molecule has 1 atom stereocenters. The molecule has 1 heterocycles. The molecule has 0 aromatic heterocycles. The first-order valence-electron chi connectivity index (χ1n) is 9.37. The smallest absolute Gasteiger partial charge is 0.318 e. The molecule has 3 rings (SSSR count). The molecule has 1 saturated heterocycles. The molecule has 1 aliphatic rings. The number of ether oxygens (including phenoxy) is 1. The molecule has 0 aliphatic carbocycles. The Morgan fingerprint density at radius 3 is 2.39 bits per heavy atom. The van der Waals surface area contributed by atoms with Crippen molar-refractivity contribution >= 4 is 23.3 Å². The molecular weight excluding hydrogens is 356 g/mol. The van der Waals surface area contributed by atoms with Crippen LogP contribution in [0.3, 0.4) is 0 Å². The van der Waals surface area contributed by atoms with Crippen molar-refractivity contribution in [3.05, 3.63) is 54.6 Å². The number of hydrogen-bond acceptors (Lipinski definition) is 4. The summed E-state index contributed by atoms with van der Waals surface area (Å²) in [7, 11) is 1.57. The Hall–Kier alpha value is -3.22. The van der Waals surface area contributed by atoms with E-state index >= 15 is 0 Å². The van der Waals surface area contributed by atoms with Crippen molar-refractivity contribution in [2.75, 3.05) is 43.5 Å². The first kappa shape index (κ1) is 19.5. The Morgan fingerprint density at radius 2 is 1.71 bits per heavy atom. The molecule has 0 radical (unpaired) electrons. The fourth-order valence-electron chi connectivity index (χ4n) is 3.10. The number of carbonyl (C=O) groups excluding carboxylic acids is 2. The van der Waals surface area contributed by atoms with Crippen LogP contribution in [0, 0.1) is 0 Å². The summed E-state index contributed by atoms with van der Waals surface area (Å²) in [4.78, 5) is 28.9. The molecule has 0 saturated carbocycles. The lowest BCUT2D eigenvalue weighted by Gasteiger charge is -2.36. The third-order valence-electron chi connectivity index (χ3n) is 4.76. The van der Waals surface area contributed by atoms with Crippen molar-refractivity contribution in [3.8, 4) is 5.75 Å². The number of urea groups is 1. The maximum atomic E-state index is 12.5. The Bertz CT molecular complexity index is 804. The number of amides is 3. The van der Waals surface area contributed by atoms with Gasteiger partial charge in [0.2, 0.25) is 5.91 Å². The standard InChI is InChI=1S/C21H26N4O3/c1-16(20(26)23-17-7-6-10-19(15-17)28-2)22-21(27)25-13-11-24(12-14-25)18-8-4-3-5-9-18/h3-10,15-16H,11-14H2,1-2H3,(H,22,27)(H,23,26). The first-order chi connectivity index (χ1) is 13.6. The van der Waals surface area contributed by atoms with Crippen LogP contribution in [0.25, 0.3) is 0 Å². The van der Waals surface area contributed by atoms with E-state index in [1.165, 1.54) is 0 Å². The lowest BCUT2D eigenvalue weighted by atomic mass is 10.2. The van der Waals surface area contributed by atoms with Gasteiger partial charge in [0.1, 0.15) is 11.8 Å². The maximum Gasteiger partial charge on any atom is 0.318 e. The summed E-state index contributed by atoms with van der Waals surface area (Å²) in [5.41, 5.74) is 1.79. The zero-order chi connectivity index (χ0) is 19.9. The summed E-state index contributed by atoms with van der Waals surface area (Å²) in [6, 6.07) is 16.4. The van der Waals surface area contributed by atoms with Gasteiger partial charge in [-0.1, -0.05) is 24.3 Å². The van der Waals surface area contributed by atoms with E-state index < -0.39 is 6.04 Å². The number of nitrogens with one attached hydrogen (secondary N) is 2. The van der Waals surface area contributed by atoms with Crippen LogP contribution in [0.2, 0.25) is 0 Å². The van der Waals surface area contributed by atoms with Crippen molar-refractivity contribution in [2.45, 2.75) is 13.0 Å². The van der Waals surface area contributed by atoms with Gasteiger partial charge in [0.05, 0.1) is 7.11 Å². The zero-order valence-corrected chi connectivity index (χ0v) is 16.2. The van der Waals surface area contributed by atoms with Crippen molar-refractivity contribution in [3.63, 3.8) is 0 Å². The Morgan fingerprint density at radius 1 is 1.00 bits per heavy atom. The van der Waals surface area contributed by atoms with Gasteiger partial charge < -0.3 is 25.2 Å². The van der Waals surface area contributed by atoms with Crippen LogP contribution in [0.1, 0.15) is 6.92 Å². The fourth-order valence-corrected chi connectivity index (χ4v) is 3.10. The number of benzene rings is 2. The highest BCUT2D eigenvalue weighted by Crippen LogP contribution is 2.17. The van der Waals surface area contributed by atoms with Crippen LogP contribution in [-0.2, 0) is 4.79 Å². The minimum atomic E-state index is -0.647. The zero-order valence-electron chi connectivity index (χ0n) is 16.2. The Labute approximate surface area is 165 Å². The molecule has 1 aliphatic heterocycles. The molecule has 2 N–H and O–H groups in total. The maximum absolute atomic E-state index is 12.5. The van der Waals surface area contributed by atoms with Gasteiger partial charge in [0, 0.05) is 43.6 Å². The molecule has 1 unspecified atom stereocenters. The summed E-state index contributed by atoms with van der Waals surface area (Å²) >= 11 is 0. The molecule has 2 aromatic carbocycles. The van der Waals surface area contributed by atoms with Crippen LogP contribution in [0.4, 0.5) is 16.2 Å². The largest absolute Gasteiger partial charge is 0.497 e. The average molecular weight is 382 g/mol. The minimum Gasteiger partial charge on any atom is -0.497 e. The summed E-state index contributed by atoms with van der Waals surface area (Å²) in [6.07, 6.45) is 0. The average Bonchev–Trinajstić information content (AvgIpc) is 2.74. The second-order valence-electron chi connectivity index (χ2n) is 6.70. The third-order valence-corrected chi connectivity index (χ3v) is 4.76. The first-order valence-corrected chi connectivity index (χ1v) is 9.37. The molecule has 148 valence electrons. The van der Waals surface area contributed by atoms with Crippen LogP contribution in [-0.4, -0.2) is 56.2 Å². The number of nitrogens with zero attached hydrogens (tertiary/aromatic N) is 2. The number of para-hydroxylation sites is 1. The normalized spacial score (nSPS) is 14.9. The van der Waals surface area contributed by atoms with Gasteiger partial charge in [-0.2, -0.15) is 0 Å². The van der Waals surface area contributed by atoms with E-state index in [1.807, 2.05) is 18.2 Å². The quantitative estimate of drug-likeness (QED) is 0.834. The van der Waals surface area contributed by atoms with Gasteiger partial charge in [0.15, 0.2) is 0 Å². The van der Waals surface area contributed by atoms with Crippen LogP contribution >= 0.6 is 0 Å². The van der Waals surface area contributed by atoms with E-state index in [1.54, 1.807) is 43.2 Å². The van der Waals surface area contributed by atoms with E-state index in [9.17, 15) is 9.59 Å². The lowest BCUT2D eigenvalue weighted by Crippen LogP contribution is -2.54. The van der Waals surface area contributed by atoms with Crippen LogP contribution in [0.15, 0.2) is 54.6 Å². The van der Waals surface area contributed by atoms with Crippen molar-refractivity contribution < 1.29 is 14.3 Å². The number of piperazine rings is 1. The van der Waals surface area contributed by atoms with Crippen LogP contribution in [0.5, 0.6) is 5.75 Å². The predicted molar refractivity (Wildman–Crippen MR) is 110 cm³/mol. The summed E-state index contributed by atoms with van der Waals surface area (Å²) < 4.78 is 5.15. The Kier molecular flexibility index (Phi) is 6.37. The van der Waals surface area contributed by atoms with Gasteiger partial charge in [-0.25, -0.2) is 4.79 Å². The van der Waals surface area contributed by atoms with Gasteiger partial charge in [-0.3, -0.25) is 4.79 Å². The molecule has 7 heteroatoms. The number of anilines is 2. The van der Waals surface area contributed by atoms with E-state index in [0.717, 1.165) is 18.8 Å². The van der Waals surface area contributed by atoms with Gasteiger partial charge >= 0.3 is 6.03 Å². The van der Waals surface area contributed by atoms with E-state index in [0.29, 0.717) is 24.5 Å². The Balaban J connectivity index is 1.48. The molecule has 0 bridgehead atoms. The van der Waals surface area contributed by atoms with Crippen molar-refractivity contribution in [2.24, 2.45) is 0 Å². The molecule has 1 fully saturated rings. The van der Waals surface area contributed by atoms with Gasteiger partial charge in [0.25, 0.3) is 0 Å². The highest BCUT2D eigenvalue weighted by atomic mass is 16.5. The minimum absolute atomic E-state index is 0.221. The third kappa shape index (κ3) is 4.94. The predicted octanol–water partition coefficient (Wildman–Crippen LogP) is 2.55. The topological polar surface area (TPSA) is 73.9 Å². The van der Waals surface area contributed by atoms with Crippen molar-refractivity contribution in [1.82, 2.24) is 10.2 Å². The summed E-state index contributed by atoms with van der Waals surface area (Å²) in [6.45, 7) is 4.44. The van der Waals surface area contributed by atoms with E-state index in [4.69, 9.17) is 4.74 Å². The number of hydrogen-bond donors (Lipinski definition) is 2. The highest BCUT2D eigenvalue weighted by Gasteiger charge is 2.24. The summed E-state index contributed by atoms with van der Waals surface area (Å²) in [5, 5.41) is 5.57. The van der Waals surface area contributed by atoms with E-state index in [2.05, 4.69) is 27.7 Å². The summed E-state index contributed by atoms with van der Waals surface area (Å²) in [5.74, 6) is 0.385. The molecular formula is C21H26N4O3. The van der Waals surface area contributed by atoms with Gasteiger partial charge in [-0.15, -0.1) is 0 Å². The molecule has 7 nitrogen and oxygen atoms in total. The molecule has 2 aromatic rings. The highest BCUT2D eigenvalue weighted by molar-refractivity contribution is 5.96. The number of carbonyl (C=O) groups is 2. The monoisotopic (exact) mass is 382 g/mol. The lowest BCUT2D eigenvalue weighted by molar-refractivity contribution is -0.117. The number of rotatable bonds is 5. The van der Waals surface area contributed by atoms with Crippen LogP contribution < -0.4 is 20.3 Å². The second kappa shape index (κ2) is 9.12. The SMILES string of the molecule is COc1cccc(NC(=O)C(C)NC(=O)N2CCN(c3ccccc3)CC2)c1. The second-order valence-corrected chi connectivity index (χ2v) is 6.70. The molecule has 0 spiro atoms. The van der Waals surface area contributed by atoms with Gasteiger partial charge in [-0.05, 0) is 31.2 Å². The molecule has 28 heavy (non-hydrogen) atoms. The fraction of sp³-hybridized carbons (Fsp3) is 0.333. The molecule has 3 amide bonds. The van der Waals surface area contributed by atoms with E-state index in [-0.39, 0.29) is 11.9 Å². The van der Waals surface area contributed by atoms with Crippen molar-refractivity contribution in [1.29, 1.82) is 0 Å².